The number of pyridine rings is 1. The number of hydrogen-bond donors (Lipinski definition) is 0. The average Bonchev–Trinajstić information content (AvgIpc) is 2.89. The van der Waals surface area contributed by atoms with Crippen LogP contribution in [0.15, 0.2) is 53.5 Å². The fraction of sp³-hybridized carbons (Fsp3) is 0.462. The summed E-state index contributed by atoms with van der Waals surface area (Å²) >= 11 is 0. The Morgan fingerprint density at radius 3 is 2.42 bits per heavy atom. The molecule has 0 saturated carbocycles. The van der Waals surface area contributed by atoms with E-state index in [0.717, 1.165) is 36.6 Å². The van der Waals surface area contributed by atoms with E-state index in [1.165, 1.54) is 41.4 Å². The molecule has 2 unspecified atom stereocenters. The van der Waals surface area contributed by atoms with Gasteiger partial charge in [0.05, 0.1) is 4.92 Å². The zero-order valence-corrected chi connectivity index (χ0v) is 20.2. The number of nitro benzene ring substituents is 1. The molecule has 2 atom stereocenters. The van der Waals surface area contributed by atoms with Gasteiger partial charge in [0, 0.05) is 62.1 Å². The van der Waals surface area contributed by atoms with Gasteiger partial charge in [-0.1, -0.05) is 25.1 Å². The summed E-state index contributed by atoms with van der Waals surface area (Å²) in [5, 5.41) is 11.2. The number of nitrogens with zero attached hydrogens (tertiary/aromatic N) is 4. The smallest absolute Gasteiger partial charge is 0.270 e. The Kier molecular flexibility index (Phi) is 7.61. The number of hydrogen-bond acceptors (Lipinski definition) is 6. The van der Waals surface area contributed by atoms with Crippen LogP contribution >= 0.6 is 0 Å². The second-order valence-corrected chi connectivity index (χ2v) is 9.65. The van der Waals surface area contributed by atoms with Crippen molar-refractivity contribution in [3.8, 4) is 0 Å². The minimum atomic E-state index is -1.49. The molecule has 0 bridgehead atoms. The Morgan fingerprint density at radius 1 is 1.00 bits per heavy atom. The number of amides is 2. The summed E-state index contributed by atoms with van der Waals surface area (Å²) in [5.41, 5.74) is -0.833. The largest absolute Gasteiger partial charge is 0.342 e. The van der Waals surface area contributed by atoms with Crippen molar-refractivity contribution in [1.29, 1.82) is 0 Å². The van der Waals surface area contributed by atoms with Crippen molar-refractivity contribution in [3.63, 3.8) is 0 Å². The third-order valence-corrected chi connectivity index (χ3v) is 7.08. The molecule has 0 radical (unpaired) electrons. The van der Waals surface area contributed by atoms with Gasteiger partial charge in [-0.25, -0.2) is 0 Å². The minimum absolute atomic E-state index is 0.0254. The van der Waals surface area contributed by atoms with Gasteiger partial charge in [-0.2, -0.15) is 0 Å². The number of rotatable bonds is 6. The summed E-state index contributed by atoms with van der Waals surface area (Å²) in [5.74, 6) is -0.828. The summed E-state index contributed by atoms with van der Waals surface area (Å²) in [6, 6.07) is 7.97. The van der Waals surface area contributed by atoms with Crippen molar-refractivity contribution in [3.05, 3.63) is 74.7 Å². The number of ketones is 1. The Labute approximate surface area is 208 Å². The molecule has 0 aliphatic carbocycles. The molecular weight excluding hydrogens is 464 g/mol. The lowest BCUT2D eigenvalue weighted by molar-refractivity contribution is -0.384. The first kappa shape index (κ1) is 25.3. The van der Waals surface area contributed by atoms with Crippen LogP contribution in [-0.4, -0.2) is 63.1 Å². The molecule has 2 fully saturated rings. The van der Waals surface area contributed by atoms with Crippen molar-refractivity contribution in [2.75, 3.05) is 26.2 Å². The molecule has 2 amide bonds. The number of piperidine rings is 2. The van der Waals surface area contributed by atoms with Gasteiger partial charge in [0.2, 0.25) is 5.91 Å². The van der Waals surface area contributed by atoms with Gasteiger partial charge in [0.25, 0.3) is 17.2 Å². The van der Waals surface area contributed by atoms with Crippen molar-refractivity contribution in [2.45, 2.75) is 38.6 Å². The molecule has 3 heterocycles. The van der Waals surface area contributed by atoms with Gasteiger partial charge in [-0.3, -0.25) is 33.9 Å². The first-order valence-corrected chi connectivity index (χ1v) is 12.3. The van der Waals surface area contributed by atoms with E-state index in [-0.39, 0.29) is 23.1 Å². The molecule has 1 aromatic carbocycles. The monoisotopic (exact) mass is 494 g/mol. The molecular formula is C26H30N4O6. The average molecular weight is 495 g/mol. The standard InChI is InChI=1S/C26H30N4O6/c1-18-6-5-12-28(17-18)25(33)19-10-14-27(15-11-19)26(34)23(29-13-3-2-9-22(29)31)24(32)20-7-4-8-21(16-20)30(35)36/h2-4,7-9,13,16,18-19,23H,5-6,10-12,14-15,17H2,1H3. The molecule has 36 heavy (non-hydrogen) atoms. The van der Waals surface area contributed by atoms with E-state index in [1.807, 2.05) is 4.90 Å². The normalized spacial score (nSPS) is 19.5. The minimum Gasteiger partial charge on any atom is -0.342 e. The Balaban J connectivity index is 1.54. The van der Waals surface area contributed by atoms with Gasteiger partial charge in [0.15, 0.2) is 11.8 Å². The predicted molar refractivity (Wildman–Crippen MR) is 131 cm³/mol. The predicted octanol–water partition coefficient (Wildman–Crippen LogP) is 2.68. The van der Waals surface area contributed by atoms with Crippen LogP contribution in [0.3, 0.4) is 0 Å². The number of likely N-dealkylation sites (tertiary alicyclic amines) is 2. The fourth-order valence-electron chi connectivity index (χ4n) is 5.11. The molecule has 0 N–H and O–H groups in total. The second kappa shape index (κ2) is 10.8. The number of nitro groups is 1. The van der Waals surface area contributed by atoms with Crippen molar-refractivity contribution in [2.24, 2.45) is 11.8 Å². The molecule has 2 saturated heterocycles. The summed E-state index contributed by atoms with van der Waals surface area (Å²) in [7, 11) is 0. The lowest BCUT2D eigenvalue weighted by Crippen LogP contribution is -2.49. The van der Waals surface area contributed by atoms with Crippen LogP contribution in [0.4, 0.5) is 5.69 Å². The number of Topliss-reactive ketones (excluding diaryl/α,β-unsaturated/α-hetero) is 1. The zero-order chi connectivity index (χ0) is 25.8. The number of carbonyl (C=O) groups is 3. The second-order valence-electron chi connectivity index (χ2n) is 9.65. The summed E-state index contributed by atoms with van der Waals surface area (Å²) in [6.45, 7) is 4.25. The van der Waals surface area contributed by atoms with Gasteiger partial charge >= 0.3 is 0 Å². The van der Waals surface area contributed by atoms with Gasteiger partial charge in [-0.05, 0) is 37.7 Å². The highest BCUT2D eigenvalue weighted by Gasteiger charge is 2.37. The van der Waals surface area contributed by atoms with Crippen LogP contribution in [0.1, 0.15) is 49.0 Å². The number of aromatic nitrogens is 1. The fourth-order valence-corrected chi connectivity index (χ4v) is 5.11. The molecule has 0 spiro atoms. The van der Waals surface area contributed by atoms with Crippen LogP contribution in [0.5, 0.6) is 0 Å². The molecule has 10 nitrogen and oxygen atoms in total. The van der Waals surface area contributed by atoms with Crippen molar-refractivity contribution >= 4 is 23.3 Å². The lowest BCUT2D eigenvalue weighted by Gasteiger charge is -2.38. The molecule has 1 aromatic heterocycles. The van der Waals surface area contributed by atoms with E-state index >= 15 is 0 Å². The van der Waals surface area contributed by atoms with Crippen LogP contribution in [0, 0.1) is 22.0 Å². The van der Waals surface area contributed by atoms with E-state index in [4.69, 9.17) is 0 Å². The van der Waals surface area contributed by atoms with E-state index in [1.54, 1.807) is 6.07 Å². The van der Waals surface area contributed by atoms with Crippen LogP contribution in [0.2, 0.25) is 0 Å². The first-order valence-electron chi connectivity index (χ1n) is 12.3. The maximum absolute atomic E-state index is 13.6. The Hall–Kier alpha value is -3.82. The molecule has 10 heteroatoms. The Morgan fingerprint density at radius 2 is 1.75 bits per heavy atom. The van der Waals surface area contributed by atoms with Crippen LogP contribution in [0.25, 0.3) is 0 Å². The molecule has 190 valence electrons. The number of non-ortho nitro benzene ring substituents is 1. The Bertz CT molecular complexity index is 1220. The first-order chi connectivity index (χ1) is 17.3. The van der Waals surface area contributed by atoms with E-state index < -0.39 is 28.2 Å². The van der Waals surface area contributed by atoms with Crippen molar-refractivity contribution < 1.29 is 19.3 Å². The molecule has 2 aliphatic heterocycles. The third kappa shape index (κ3) is 5.37. The maximum atomic E-state index is 13.6. The SMILES string of the molecule is CC1CCCN(C(=O)C2CCN(C(=O)C(C(=O)c3cccc([N+](=O)[O-])c3)n3ccccc3=O)CC2)C1. The van der Waals surface area contributed by atoms with Gasteiger partial charge < -0.3 is 9.80 Å². The summed E-state index contributed by atoms with van der Waals surface area (Å²) in [6.07, 6.45) is 4.45. The number of carbonyl (C=O) groups excluding carboxylic acids is 3. The highest BCUT2D eigenvalue weighted by atomic mass is 16.6. The maximum Gasteiger partial charge on any atom is 0.270 e. The third-order valence-electron chi connectivity index (χ3n) is 7.08. The zero-order valence-electron chi connectivity index (χ0n) is 20.2. The van der Waals surface area contributed by atoms with Gasteiger partial charge in [-0.15, -0.1) is 0 Å². The van der Waals surface area contributed by atoms with Gasteiger partial charge in [0.1, 0.15) is 0 Å². The van der Waals surface area contributed by atoms with E-state index in [9.17, 15) is 29.3 Å². The van der Waals surface area contributed by atoms with E-state index in [2.05, 4.69) is 6.92 Å². The van der Waals surface area contributed by atoms with Crippen LogP contribution in [-0.2, 0) is 9.59 Å². The van der Waals surface area contributed by atoms with Crippen LogP contribution < -0.4 is 5.56 Å². The quantitative estimate of drug-likeness (QED) is 0.263. The summed E-state index contributed by atoms with van der Waals surface area (Å²) in [4.78, 5) is 66.7. The van der Waals surface area contributed by atoms with E-state index in [0.29, 0.717) is 31.8 Å². The molecule has 2 aromatic rings. The highest BCUT2D eigenvalue weighted by Crippen LogP contribution is 2.26. The lowest BCUT2D eigenvalue weighted by atomic mass is 9.92. The topological polar surface area (TPSA) is 123 Å². The highest BCUT2D eigenvalue weighted by molar-refractivity contribution is 6.12. The number of benzene rings is 1. The molecule has 4 rings (SSSR count). The summed E-state index contributed by atoms with van der Waals surface area (Å²) < 4.78 is 1.07. The van der Waals surface area contributed by atoms with Crippen molar-refractivity contribution in [1.82, 2.24) is 14.4 Å². The molecule has 2 aliphatic rings.